The number of aromatic nitrogens is 2. The molecule has 1 aromatic heterocycles. The predicted molar refractivity (Wildman–Crippen MR) is 87.6 cm³/mol. The Morgan fingerprint density at radius 3 is 2.70 bits per heavy atom. The van der Waals surface area contributed by atoms with Crippen LogP contribution in [0.4, 0.5) is 5.95 Å². The molecule has 23 heavy (non-hydrogen) atoms. The van der Waals surface area contributed by atoms with Crippen LogP contribution >= 0.6 is 0 Å². The maximum Gasteiger partial charge on any atom is 0.222 e. The maximum atomic E-state index is 12.2. The van der Waals surface area contributed by atoms with E-state index in [0.29, 0.717) is 32.1 Å². The third kappa shape index (κ3) is 3.81. The van der Waals surface area contributed by atoms with Gasteiger partial charge in [0.25, 0.3) is 0 Å². The Kier molecular flexibility index (Phi) is 4.84. The van der Waals surface area contributed by atoms with E-state index in [1.54, 1.807) is 22.8 Å². The molecule has 3 heterocycles. The molecule has 0 saturated carbocycles. The van der Waals surface area contributed by atoms with E-state index in [2.05, 4.69) is 15.3 Å². The van der Waals surface area contributed by atoms with Gasteiger partial charge in [0, 0.05) is 25.5 Å². The number of rotatable bonds is 5. The third-order valence-corrected chi connectivity index (χ3v) is 6.67. The summed E-state index contributed by atoms with van der Waals surface area (Å²) in [4.78, 5) is 8.35. The van der Waals surface area contributed by atoms with Crippen LogP contribution in [0.1, 0.15) is 32.6 Å². The minimum Gasteiger partial charge on any atom is -0.373 e. The van der Waals surface area contributed by atoms with Gasteiger partial charge in [0.05, 0.1) is 24.0 Å². The second-order valence-electron chi connectivity index (χ2n) is 6.33. The topological polar surface area (TPSA) is 84.4 Å². The highest BCUT2D eigenvalue weighted by Gasteiger charge is 2.44. The number of hydrogen-bond donors (Lipinski definition) is 1. The van der Waals surface area contributed by atoms with Crippen molar-refractivity contribution in [2.75, 3.05) is 30.8 Å². The molecule has 2 fully saturated rings. The molecule has 1 N–H and O–H groups in total. The molecule has 1 aromatic rings. The summed E-state index contributed by atoms with van der Waals surface area (Å²) >= 11 is 0. The Balaban J connectivity index is 1.55. The normalized spacial score (nSPS) is 24.8. The second-order valence-corrected chi connectivity index (χ2v) is 8.42. The second kappa shape index (κ2) is 6.70. The number of piperidine rings is 1. The van der Waals surface area contributed by atoms with E-state index >= 15 is 0 Å². The van der Waals surface area contributed by atoms with Gasteiger partial charge in [-0.3, -0.25) is 0 Å². The SMILES string of the molecule is CCCS(=O)(=O)N1CCC2(CC1)C[C@H](Nc1ncccn1)CO2. The van der Waals surface area contributed by atoms with Gasteiger partial charge in [0.1, 0.15) is 0 Å². The Bertz CT molecular complexity index is 615. The summed E-state index contributed by atoms with van der Waals surface area (Å²) in [6, 6.07) is 1.96. The van der Waals surface area contributed by atoms with Gasteiger partial charge in [-0.2, -0.15) is 0 Å². The zero-order valence-electron chi connectivity index (χ0n) is 13.4. The minimum atomic E-state index is -3.10. The smallest absolute Gasteiger partial charge is 0.222 e. The van der Waals surface area contributed by atoms with Crippen molar-refractivity contribution < 1.29 is 13.2 Å². The number of anilines is 1. The lowest BCUT2D eigenvalue weighted by Crippen LogP contribution is -2.47. The molecular formula is C15H24N4O3S. The van der Waals surface area contributed by atoms with Crippen LogP contribution in [0.15, 0.2) is 18.5 Å². The summed E-state index contributed by atoms with van der Waals surface area (Å²) in [5.74, 6) is 0.845. The molecule has 2 aliphatic heterocycles. The lowest BCUT2D eigenvalue weighted by molar-refractivity contribution is -0.0310. The summed E-state index contributed by atoms with van der Waals surface area (Å²) < 4.78 is 32.0. The number of nitrogens with zero attached hydrogens (tertiary/aromatic N) is 3. The highest BCUT2D eigenvalue weighted by atomic mass is 32.2. The van der Waals surface area contributed by atoms with Crippen molar-refractivity contribution in [3.05, 3.63) is 18.5 Å². The lowest BCUT2D eigenvalue weighted by Gasteiger charge is -2.38. The molecule has 2 aliphatic rings. The average Bonchev–Trinajstić information content (AvgIpc) is 2.91. The Hall–Kier alpha value is -1.25. The van der Waals surface area contributed by atoms with Gasteiger partial charge in [-0.25, -0.2) is 22.7 Å². The van der Waals surface area contributed by atoms with E-state index in [4.69, 9.17) is 4.74 Å². The molecule has 3 rings (SSSR count). The molecule has 128 valence electrons. The molecule has 0 amide bonds. The van der Waals surface area contributed by atoms with E-state index in [0.717, 1.165) is 19.3 Å². The van der Waals surface area contributed by atoms with Crippen LogP contribution in [0.3, 0.4) is 0 Å². The molecule has 0 bridgehead atoms. The fourth-order valence-corrected chi connectivity index (χ4v) is 4.91. The zero-order chi connectivity index (χ0) is 16.3. The van der Waals surface area contributed by atoms with Crippen molar-refractivity contribution in [3.63, 3.8) is 0 Å². The summed E-state index contributed by atoms with van der Waals surface area (Å²) in [6.07, 6.45) is 6.44. The van der Waals surface area contributed by atoms with Crippen LogP contribution in [-0.2, 0) is 14.8 Å². The monoisotopic (exact) mass is 340 g/mol. The molecule has 7 nitrogen and oxygen atoms in total. The summed E-state index contributed by atoms with van der Waals surface area (Å²) in [5, 5.41) is 3.30. The van der Waals surface area contributed by atoms with Gasteiger partial charge in [-0.1, -0.05) is 6.92 Å². The molecular weight excluding hydrogens is 316 g/mol. The van der Waals surface area contributed by atoms with Crippen LogP contribution in [0, 0.1) is 0 Å². The molecule has 0 unspecified atom stereocenters. The largest absolute Gasteiger partial charge is 0.373 e. The summed E-state index contributed by atoms with van der Waals surface area (Å²) in [6.45, 7) is 3.61. The lowest BCUT2D eigenvalue weighted by atomic mass is 9.88. The quantitative estimate of drug-likeness (QED) is 0.868. The van der Waals surface area contributed by atoms with E-state index in [1.807, 2.05) is 6.92 Å². The fraction of sp³-hybridized carbons (Fsp3) is 0.733. The van der Waals surface area contributed by atoms with Crippen LogP contribution in [0.25, 0.3) is 0 Å². The van der Waals surface area contributed by atoms with Crippen molar-refractivity contribution in [1.82, 2.24) is 14.3 Å². The first-order valence-electron chi connectivity index (χ1n) is 8.18. The predicted octanol–water partition coefficient (Wildman–Crippen LogP) is 1.25. The maximum absolute atomic E-state index is 12.2. The number of ether oxygens (including phenoxy) is 1. The molecule has 0 aliphatic carbocycles. The standard InChI is InChI=1S/C15H24N4O3S/c1-2-10-23(20,21)19-8-4-15(5-9-19)11-13(12-22-15)18-14-16-6-3-7-17-14/h3,6-7,13H,2,4-5,8-12H2,1H3,(H,16,17,18)/t13-/m0/s1. The Labute approximate surface area is 137 Å². The molecule has 1 spiro atoms. The number of nitrogens with one attached hydrogen (secondary N) is 1. The number of sulfonamides is 1. The van der Waals surface area contributed by atoms with Gasteiger partial charge in [0.15, 0.2) is 0 Å². The van der Waals surface area contributed by atoms with Crippen LogP contribution in [-0.4, -0.2) is 59.8 Å². The summed E-state index contributed by atoms with van der Waals surface area (Å²) in [7, 11) is -3.10. The fourth-order valence-electron chi connectivity index (χ4n) is 3.40. The van der Waals surface area contributed by atoms with Crippen molar-refractivity contribution in [1.29, 1.82) is 0 Å². The molecule has 0 aromatic carbocycles. The first kappa shape index (κ1) is 16.6. The van der Waals surface area contributed by atoms with Crippen molar-refractivity contribution >= 4 is 16.0 Å². The van der Waals surface area contributed by atoms with Crippen molar-refractivity contribution in [3.8, 4) is 0 Å². The van der Waals surface area contributed by atoms with Crippen LogP contribution < -0.4 is 5.32 Å². The Morgan fingerprint density at radius 1 is 1.35 bits per heavy atom. The first-order chi connectivity index (χ1) is 11.0. The molecule has 8 heteroatoms. The first-order valence-corrected chi connectivity index (χ1v) is 9.79. The van der Waals surface area contributed by atoms with Crippen LogP contribution in [0.2, 0.25) is 0 Å². The molecule has 2 saturated heterocycles. The number of hydrogen-bond acceptors (Lipinski definition) is 6. The Morgan fingerprint density at radius 2 is 2.04 bits per heavy atom. The van der Waals surface area contributed by atoms with Gasteiger partial charge in [-0.05, 0) is 31.7 Å². The minimum absolute atomic E-state index is 0.177. The molecule has 1 atom stereocenters. The van der Waals surface area contributed by atoms with Gasteiger partial charge in [-0.15, -0.1) is 0 Å². The van der Waals surface area contributed by atoms with Gasteiger partial charge >= 0.3 is 0 Å². The van der Waals surface area contributed by atoms with Crippen LogP contribution in [0.5, 0.6) is 0 Å². The van der Waals surface area contributed by atoms with E-state index in [9.17, 15) is 8.42 Å². The van der Waals surface area contributed by atoms with E-state index < -0.39 is 10.0 Å². The van der Waals surface area contributed by atoms with Crippen molar-refractivity contribution in [2.45, 2.75) is 44.2 Å². The van der Waals surface area contributed by atoms with Crippen molar-refractivity contribution in [2.24, 2.45) is 0 Å². The zero-order valence-corrected chi connectivity index (χ0v) is 14.3. The highest BCUT2D eigenvalue weighted by Crippen LogP contribution is 2.37. The van der Waals surface area contributed by atoms with E-state index in [-0.39, 0.29) is 17.4 Å². The highest BCUT2D eigenvalue weighted by molar-refractivity contribution is 7.89. The average molecular weight is 340 g/mol. The van der Waals surface area contributed by atoms with E-state index in [1.165, 1.54) is 0 Å². The molecule has 0 radical (unpaired) electrons. The van der Waals surface area contributed by atoms with Gasteiger partial charge in [0.2, 0.25) is 16.0 Å². The van der Waals surface area contributed by atoms with Gasteiger partial charge < -0.3 is 10.1 Å². The summed E-state index contributed by atoms with van der Waals surface area (Å²) in [5.41, 5.74) is -0.204. The third-order valence-electron chi connectivity index (χ3n) is 4.60.